The number of halogens is 4. The van der Waals surface area contributed by atoms with Crippen LogP contribution in [0.25, 0.3) is 0 Å². The number of amides is 2. The van der Waals surface area contributed by atoms with E-state index in [4.69, 9.17) is 11.6 Å². The highest BCUT2D eigenvalue weighted by Gasteiger charge is 2.29. The Labute approximate surface area is 160 Å². The number of rotatable bonds is 6. The summed E-state index contributed by atoms with van der Waals surface area (Å²) in [6.45, 7) is -1.54. The van der Waals surface area contributed by atoms with Crippen molar-refractivity contribution in [3.05, 3.63) is 39.9 Å². The Kier molecular flexibility index (Phi) is 5.56. The smallest absolute Gasteiger partial charge is 0.422 e. The normalized spacial score (nSPS) is 13.9. The minimum absolute atomic E-state index is 0.0151. The predicted octanol–water partition coefficient (Wildman–Crippen LogP) is 3.88. The fourth-order valence-corrected chi connectivity index (χ4v) is 3.06. The van der Waals surface area contributed by atoms with Gasteiger partial charge in [-0.3, -0.25) is 9.59 Å². The van der Waals surface area contributed by atoms with Crippen LogP contribution in [0.3, 0.4) is 0 Å². The molecule has 1 aliphatic carbocycles. The van der Waals surface area contributed by atoms with Crippen LogP contribution in [0, 0.1) is 0 Å². The van der Waals surface area contributed by atoms with Gasteiger partial charge in [0.15, 0.2) is 6.61 Å². The largest absolute Gasteiger partial charge is 0.467 e. The minimum atomic E-state index is -4.53. The number of carbonyl (C=O) groups excluding carboxylic acids is 2. The lowest BCUT2D eigenvalue weighted by molar-refractivity contribution is -0.154. The lowest BCUT2D eigenvalue weighted by Gasteiger charge is -2.10. The average molecular weight is 420 g/mol. The van der Waals surface area contributed by atoms with Gasteiger partial charge in [-0.2, -0.15) is 13.2 Å². The Hall–Kier alpha value is -2.33. The summed E-state index contributed by atoms with van der Waals surface area (Å²) in [6.07, 6.45) is -1.61. The van der Waals surface area contributed by atoms with E-state index in [0.717, 1.165) is 25.1 Å². The van der Waals surface area contributed by atoms with Crippen LogP contribution in [0.2, 0.25) is 5.02 Å². The van der Waals surface area contributed by atoms with Gasteiger partial charge < -0.3 is 15.4 Å². The number of alkyl halides is 3. The van der Waals surface area contributed by atoms with Crippen molar-refractivity contribution in [2.45, 2.75) is 25.1 Å². The molecule has 1 saturated carbocycles. The number of thiophene rings is 1. The van der Waals surface area contributed by atoms with Crippen LogP contribution >= 0.6 is 22.9 Å². The molecule has 0 bridgehead atoms. The Morgan fingerprint density at radius 2 is 2.07 bits per heavy atom. The Balaban J connectivity index is 1.67. The first-order valence-corrected chi connectivity index (χ1v) is 9.03. The van der Waals surface area contributed by atoms with Crippen molar-refractivity contribution in [1.82, 2.24) is 10.3 Å². The molecule has 0 radical (unpaired) electrons. The first-order chi connectivity index (χ1) is 12.7. The number of hydrogen-bond acceptors (Lipinski definition) is 5. The van der Waals surface area contributed by atoms with Crippen LogP contribution in [0.4, 0.5) is 18.2 Å². The maximum Gasteiger partial charge on any atom is 0.422 e. The lowest BCUT2D eigenvalue weighted by atomic mass is 10.2. The molecule has 0 unspecified atom stereocenters. The van der Waals surface area contributed by atoms with E-state index in [1.807, 2.05) is 0 Å². The van der Waals surface area contributed by atoms with Crippen molar-refractivity contribution in [3.63, 3.8) is 0 Å². The molecule has 2 N–H and O–H groups in total. The minimum Gasteiger partial charge on any atom is -0.467 e. The van der Waals surface area contributed by atoms with E-state index in [-0.39, 0.29) is 22.5 Å². The van der Waals surface area contributed by atoms with Gasteiger partial charge in [0, 0.05) is 12.2 Å². The fraction of sp³-hybridized carbons (Fsp3) is 0.312. The summed E-state index contributed by atoms with van der Waals surface area (Å²) in [7, 11) is 0. The predicted molar refractivity (Wildman–Crippen MR) is 93.6 cm³/mol. The van der Waals surface area contributed by atoms with Crippen molar-refractivity contribution < 1.29 is 27.5 Å². The van der Waals surface area contributed by atoms with E-state index < -0.39 is 24.6 Å². The van der Waals surface area contributed by atoms with Crippen LogP contribution in [0.15, 0.2) is 23.7 Å². The summed E-state index contributed by atoms with van der Waals surface area (Å²) < 4.78 is 41.0. The lowest BCUT2D eigenvalue weighted by Crippen LogP contribution is -2.26. The number of aromatic nitrogens is 1. The average Bonchev–Trinajstić information content (AvgIpc) is 3.28. The first-order valence-electron chi connectivity index (χ1n) is 7.78. The van der Waals surface area contributed by atoms with Crippen molar-refractivity contribution in [2.75, 3.05) is 11.9 Å². The van der Waals surface area contributed by atoms with E-state index in [1.54, 1.807) is 11.4 Å². The second kappa shape index (κ2) is 7.73. The molecule has 0 saturated heterocycles. The summed E-state index contributed by atoms with van der Waals surface area (Å²) in [4.78, 5) is 28.1. The third-order valence-electron chi connectivity index (χ3n) is 3.49. The molecular weight excluding hydrogens is 407 g/mol. The van der Waals surface area contributed by atoms with E-state index >= 15 is 0 Å². The summed E-state index contributed by atoms with van der Waals surface area (Å²) in [5.74, 6) is -1.30. The molecule has 0 atom stereocenters. The number of nitrogens with zero attached hydrogens (tertiary/aromatic N) is 1. The van der Waals surface area contributed by atoms with Crippen LogP contribution in [-0.2, 0) is 0 Å². The van der Waals surface area contributed by atoms with Crippen LogP contribution in [0.1, 0.15) is 33.6 Å². The maximum absolute atomic E-state index is 12.3. The summed E-state index contributed by atoms with van der Waals surface area (Å²) >= 11 is 7.00. The molecule has 2 heterocycles. The molecule has 0 spiro atoms. The third-order valence-corrected chi connectivity index (χ3v) is 4.59. The molecule has 1 fully saturated rings. The van der Waals surface area contributed by atoms with Crippen molar-refractivity contribution in [3.8, 4) is 5.88 Å². The van der Waals surface area contributed by atoms with Gasteiger partial charge >= 0.3 is 6.18 Å². The van der Waals surface area contributed by atoms with Gasteiger partial charge in [-0.15, -0.1) is 11.3 Å². The molecule has 144 valence electrons. The highest BCUT2D eigenvalue weighted by atomic mass is 35.5. The summed E-state index contributed by atoms with van der Waals surface area (Å²) in [5, 5.41) is 7.20. The summed E-state index contributed by atoms with van der Waals surface area (Å²) in [6, 6.07) is 2.91. The first kappa shape index (κ1) is 19.4. The topological polar surface area (TPSA) is 80.3 Å². The second-order valence-corrected chi connectivity index (χ2v) is 7.10. The van der Waals surface area contributed by atoms with E-state index in [9.17, 15) is 22.8 Å². The molecule has 0 aliphatic heterocycles. The van der Waals surface area contributed by atoms with Gasteiger partial charge in [0.1, 0.15) is 10.0 Å². The van der Waals surface area contributed by atoms with Gasteiger partial charge in [-0.05, 0) is 30.4 Å². The molecule has 11 heteroatoms. The highest BCUT2D eigenvalue weighted by Crippen LogP contribution is 2.28. The number of hydrogen-bond donors (Lipinski definition) is 2. The van der Waals surface area contributed by atoms with Gasteiger partial charge in [0.2, 0.25) is 5.88 Å². The molecule has 2 amide bonds. The van der Waals surface area contributed by atoms with Gasteiger partial charge in [0.05, 0.1) is 11.1 Å². The van der Waals surface area contributed by atoms with Gasteiger partial charge in [-0.25, -0.2) is 4.98 Å². The molecule has 2 aromatic heterocycles. The Morgan fingerprint density at radius 3 is 2.70 bits per heavy atom. The molecule has 2 aromatic rings. The van der Waals surface area contributed by atoms with Crippen molar-refractivity contribution in [1.29, 1.82) is 0 Å². The zero-order chi connectivity index (χ0) is 19.6. The van der Waals surface area contributed by atoms with Crippen LogP contribution in [0.5, 0.6) is 5.88 Å². The van der Waals surface area contributed by atoms with Gasteiger partial charge in [0.25, 0.3) is 11.8 Å². The Bertz CT molecular complexity index is 868. The number of anilines is 1. The zero-order valence-electron chi connectivity index (χ0n) is 13.6. The second-order valence-electron chi connectivity index (χ2n) is 5.78. The monoisotopic (exact) mass is 419 g/mol. The standard InChI is InChI=1S/C16H13ClF3N3O3S/c17-11-5-8(6-21-14(11)26-7-16(18,19)20)12(24)23-15-10(3-4-27-15)13(25)22-9-1-2-9/h3-6,9H,1-2,7H2,(H,22,25)(H,23,24). The molecule has 3 rings (SSSR count). The quantitative estimate of drug-likeness (QED) is 0.744. The number of pyridine rings is 1. The van der Waals surface area contributed by atoms with Crippen molar-refractivity contribution >= 4 is 39.8 Å². The van der Waals surface area contributed by atoms with E-state index in [1.165, 1.54) is 11.3 Å². The molecule has 6 nitrogen and oxygen atoms in total. The Morgan fingerprint density at radius 1 is 1.33 bits per heavy atom. The van der Waals surface area contributed by atoms with E-state index in [0.29, 0.717) is 10.6 Å². The zero-order valence-corrected chi connectivity index (χ0v) is 15.2. The molecule has 27 heavy (non-hydrogen) atoms. The molecule has 1 aliphatic rings. The van der Waals surface area contributed by atoms with Gasteiger partial charge in [-0.1, -0.05) is 11.6 Å². The summed E-state index contributed by atoms with van der Waals surface area (Å²) in [5.41, 5.74) is 0.353. The third kappa shape index (κ3) is 5.33. The number of carbonyl (C=O) groups is 2. The molecular formula is C16H13ClF3N3O3S. The highest BCUT2D eigenvalue weighted by molar-refractivity contribution is 7.14. The fourth-order valence-electron chi connectivity index (χ4n) is 2.06. The van der Waals surface area contributed by atoms with Crippen molar-refractivity contribution in [2.24, 2.45) is 0 Å². The van der Waals surface area contributed by atoms with Crippen LogP contribution < -0.4 is 15.4 Å². The number of ether oxygens (including phenoxy) is 1. The number of nitrogens with one attached hydrogen (secondary N) is 2. The SMILES string of the molecule is O=C(Nc1sccc1C(=O)NC1CC1)c1cnc(OCC(F)(F)F)c(Cl)c1. The molecule has 0 aromatic carbocycles. The van der Waals surface area contributed by atoms with E-state index in [2.05, 4.69) is 20.4 Å². The maximum atomic E-state index is 12.3. The van der Waals surface area contributed by atoms with Crippen LogP contribution in [-0.4, -0.2) is 35.6 Å².